The lowest BCUT2D eigenvalue weighted by molar-refractivity contribution is 0.582. The van der Waals surface area contributed by atoms with Gasteiger partial charge in [-0.2, -0.15) is 0 Å². The summed E-state index contributed by atoms with van der Waals surface area (Å²) in [5, 5.41) is 8.20. The largest absolute Gasteiger partial charge is 0.415 e. The Labute approximate surface area is 179 Å². The van der Waals surface area contributed by atoms with Gasteiger partial charge in [0.25, 0.3) is 5.89 Å². The molecule has 0 N–H and O–H groups in total. The minimum absolute atomic E-state index is 0.258. The monoisotopic (exact) mass is 413 g/mol. The van der Waals surface area contributed by atoms with Gasteiger partial charge in [0.05, 0.1) is 24.4 Å². The predicted molar refractivity (Wildman–Crippen MR) is 119 cm³/mol. The van der Waals surface area contributed by atoms with Crippen molar-refractivity contribution < 1.29 is 8.81 Å². The number of nitrogens with zero attached hydrogens (tertiary/aromatic N) is 5. The van der Waals surface area contributed by atoms with E-state index < -0.39 is 0 Å². The maximum Gasteiger partial charge on any atom is 0.268 e. The highest BCUT2D eigenvalue weighted by atomic mass is 19.1. The summed E-state index contributed by atoms with van der Waals surface area (Å²) in [5.74, 6) is 0.656. The van der Waals surface area contributed by atoms with E-state index in [-0.39, 0.29) is 5.89 Å². The molecule has 0 saturated carbocycles. The molecule has 0 amide bonds. The van der Waals surface area contributed by atoms with Crippen molar-refractivity contribution in [2.24, 2.45) is 0 Å². The van der Waals surface area contributed by atoms with Crippen LogP contribution in [0.15, 0.2) is 78.3 Å². The van der Waals surface area contributed by atoms with Crippen LogP contribution in [-0.4, -0.2) is 39.2 Å². The van der Waals surface area contributed by atoms with E-state index in [9.17, 15) is 4.39 Å². The Bertz CT molecular complexity index is 1250. The quantitative estimate of drug-likeness (QED) is 0.425. The third kappa shape index (κ3) is 4.25. The first-order valence-electron chi connectivity index (χ1n) is 9.56. The SMILES string of the molecule is C=C(c1ccc(-c2cncc(-c3nnc(-c4ccccc4)o3)n2)c(/C=C/F)c1)N(C)C. The van der Waals surface area contributed by atoms with Crippen molar-refractivity contribution in [2.45, 2.75) is 0 Å². The number of hydrogen-bond donors (Lipinski definition) is 0. The second-order valence-corrected chi connectivity index (χ2v) is 7.00. The number of aromatic nitrogens is 4. The third-order valence-electron chi connectivity index (χ3n) is 4.74. The Balaban J connectivity index is 1.72. The lowest BCUT2D eigenvalue weighted by Gasteiger charge is -2.17. The average molecular weight is 413 g/mol. The van der Waals surface area contributed by atoms with E-state index in [2.05, 4.69) is 26.7 Å². The normalized spacial score (nSPS) is 11.1. The van der Waals surface area contributed by atoms with Gasteiger partial charge in [-0.05, 0) is 35.4 Å². The van der Waals surface area contributed by atoms with Crippen LogP contribution in [0, 0.1) is 0 Å². The zero-order valence-corrected chi connectivity index (χ0v) is 17.2. The van der Waals surface area contributed by atoms with E-state index in [0.29, 0.717) is 29.2 Å². The highest BCUT2D eigenvalue weighted by molar-refractivity contribution is 5.77. The van der Waals surface area contributed by atoms with Crippen molar-refractivity contribution in [2.75, 3.05) is 14.1 Å². The molecular weight excluding hydrogens is 393 g/mol. The Morgan fingerprint density at radius 2 is 1.74 bits per heavy atom. The lowest BCUT2D eigenvalue weighted by Crippen LogP contribution is -2.08. The van der Waals surface area contributed by atoms with Crippen LogP contribution in [0.4, 0.5) is 4.39 Å². The molecule has 0 aliphatic carbocycles. The van der Waals surface area contributed by atoms with Gasteiger partial charge in [0, 0.05) is 30.9 Å². The molecule has 6 nitrogen and oxygen atoms in total. The molecule has 0 bridgehead atoms. The highest BCUT2D eigenvalue weighted by Gasteiger charge is 2.15. The molecule has 2 heterocycles. The summed E-state index contributed by atoms with van der Waals surface area (Å²) in [5.41, 5.74) is 4.90. The number of benzene rings is 2. The summed E-state index contributed by atoms with van der Waals surface area (Å²) < 4.78 is 18.9. The smallest absolute Gasteiger partial charge is 0.268 e. The maximum absolute atomic E-state index is 13.1. The fraction of sp³-hybridized carbons (Fsp3) is 0.0833. The Kier molecular flexibility index (Phi) is 5.66. The summed E-state index contributed by atoms with van der Waals surface area (Å²) in [6, 6.07) is 15.1. The summed E-state index contributed by atoms with van der Waals surface area (Å²) >= 11 is 0. The van der Waals surface area contributed by atoms with Crippen molar-refractivity contribution in [3.63, 3.8) is 0 Å². The van der Waals surface area contributed by atoms with E-state index >= 15 is 0 Å². The molecule has 2 aromatic heterocycles. The second-order valence-electron chi connectivity index (χ2n) is 7.00. The molecule has 0 atom stereocenters. The molecule has 0 unspecified atom stereocenters. The fourth-order valence-corrected chi connectivity index (χ4v) is 3.06. The van der Waals surface area contributed by atoms with Crippen LogP contribution >= 0.6 is 0 Å². The van der Waals surface area contributed by atoms with Crippen molar-refractivity contribution in [3.05, 3.63) is 85.0 Å². The van der Waals surface area contributed by atoms with Crippen molar-refractivity contribution >= 4 is 11.8 Å². The Hall–Kier alpha value is -4.13. The van der Waals surface area contributed by atoms with Crippen LogP contribution in [0.2, 0.25) is 0 Å². The van der Waals surface area contributed by atoms with Crippen molar-refractivity contribution in [1.29, 1.82) is 0 Å². The molecule has 0 saturated heterocycles. The average Bonchev–Trinajstić information content (AvgIpc) is 3.30. The molecule has 7 heteroatoms. The number of hydrogen-bond acceptors (Lipinski definition) is 6. The predicted octanol–water partition coefficient (Wildman–Crippen LogP) is 5.33. The summed E-state index contributed by atoms with van der Waals surface area (Å²) in [4.78, 5) is 10.8. The van der Waals surface area contributed by atoms with Gasteiger partial charge in [0.15, 0.2) is 0 Å². The zero-order valence-electron chi connectivity index (χ0n) is 17.2. The van der Waals surface area contributed by atoms with Crippen LogP contribution in [0.5, 0.6) is 0 Å². The molecule has 4 aromatic rings. The zero-order chi connectivity index (χ0) is 21.8. The summed E-state index contributed by atoms with van der Waals surface area (Å²) in [7, 11) is 3.81. The van der Waals surface area contributed by atoms with E-state index in [1.165, 1.54) is 6.08 Å². The molecule has 2 aromatic carbocycles. The first-order chi connectivity index (χ1) is 15.1. The van der Waals surface area contributed by atoms with Gasteiger partial charge in [-0.15, -0.1) is 10.2 Å². The molecule has 154 valence electrons. The number of halogens is 1. The van der Waals surface area contributed by atoms with Crippen LogP contribution in [0.25, 0.3) is 46.1 Å². The molecule has 0 aliphatic heterocycles. The minimum atomic E-state index is 0.258. The summed E-state index contributed by atoms with van der Waals surface area (Å²) in [6.07, 6.45) is 5.06. The van der Waals surface area contributed by atoms with Gasteiger partial charge in [-0.1, -0.05) is 36.9 Å². The molecule has 4 rings (SSSR count). The van der Waals surface area contributed by atoms with Gasteiger partial charge in [-0.25, -0.2) is 9.37 Å². The first-order valence-corrected chi connectivity index (χ1v) is 9.56. The van der Waals surface area contributed by atoms with Crippen molar-refractivity contribution in [1.82, 2.24) is 25.1 Å². The third-order valence-corrected chi connectivity index (χ3v) is 4.74. The molecule has 0 spiro atoms. The Morgan fingerprint density at radius 1 is 1.00 bits per heavy atom. The maximum atomic E-state index is 13.1. The molecule has 0 fully saturated rings. The van der Waals surface area contributed by atoms with Gasteiger partial charge in [0.1, 0.15) is 5.69 Å². The summed E-state index contributed by atoms with van der Waals surface area (Å²) in [6.45, 7) is 4.06. The molecular formula is C24H20FN5O. The van der Waals surface area contributed by atoms with Crippen LogP contribution < -0.4 is 0 Å². The number of rotatable bonds is 6. The standard InChI is InChI=1S/C24H20FN5O/c1-16(30(2)3)18-9-10-20(19(13-18)11-12-25)21-14-26-15-22(27-21)24-29-28-23(31-24)17-7-5-4-6-8-17/h4-15H,1H2,2-3H3/b12-11+. The molecule has 31 heavy (non-hydrogen) atoms. The highest BCUT2D eigenvalue weighted by Crippen LogP contribution is 2.29. The first kappa shape index (κ1) is 20.2. The molecule has 0 aliphatic rings. The van der Waals surface area contributed by atoms with Crippen LogP contribution in [-0.2, 0) is 0 Å². The van der Waals surface area contributed by atoms with Gasteiger partial charge in [-0.3, -0.25) is 4.98 Å². The molecule has 0 radical (unpaired) electrons. The Morgan fingerprint density at radius 3 is 2.48 bits per heavy atom. The second kappa shape index (κ2) is 8.71. The van der Waals surface area contributed by atoms with Crippen LogP contribution in [0.1, 0.15) is 11.1 Å². The minimum Gasteiger partial charge on any atom is -0.415 e. The topological polar surface area (TPSA) is 67.9 Å². The van der Waals surface area contributed by atoms with Crippen molar-refractivity contribution in [3.8, 4) is 34.3 Å². The van der Waals surface area contributed by atoms with E-state index in [1.807, 2.05) is 67.5 Å². The van der Waals surface area contributed by atoms with E-state index in [4.69, 9.17) is 4.42 Å². The van der Waals surface area contributed by atoms with Crippen LogP contribution in [0.3, 0.4) is 0 Å². The van der Waals surface area contributed by atoms with E-state index in [1.54, 1.807) is 12.4 Å². The van der Waals surface area contributed by atoms with E-state index in [0.717, 1.165) is 22.4 Å². The van der Waals surface area contributed by atoms with Gasteiger partial charge >= 0.3 is 0 Å². The fourth-order valence-electron chi connectivity index (χ4n) is 3.06. The van der Waals surface area contributed by atoms with Gasteiger partial charge in [0.2, 0.25) is 5.89 Å². The lowest BCUT2D eigenvalue weighted by atomic mass is 10.00. The van der Waals surface area contributed by atoms with Gasteiger partial charge < -0.3 is 9.32 Å².